The predicted octanol–water partition coefficient (Wildman–Crippen LogP) is 3.57. The third kappa shape index (κ3) is 2.56. The quantitative estimate of drug-likeness (QED) is 0.829. The van der Waals surface area contributed by atoms with Gasteiger partial charge in [0.25, 0.3) is 5.91 Å². The second-order valence-corrected chi connectivity index (χ2v) is 6.57. The Labute approximate surface area is 113 Å². The summed E-state index contributed by atoms with van der Waals surface area (Å²) in [5, 5.41) is 0.810. The van der Waals surface area contributed by atoms with E-state index in [1.54, 1.807) is 0 Å². The lowest BCUT2D eigenvalue weighted by Gasteiger charge is -2.24. The number of carbonyl (C=O) groups excluding carboxylic acids is 1. The van der Waals surface area contributed by atoms with E-state index in [9.17, 15) is 4.79 Å². The van der Waals surface area contributed by atoms with Crippen molar-refractivity contribution in [3.63, 3.8) is 0 Å². The highest BCUT2D eigenvalue weighted by atomic mass is 32.2. The Kier molecular flexibility index (Phi) is 3.59. The SMILES string of the molecule is O=C(c1ccc(SC2CCC2)cc1)N1CCCC1. The largest absolute Gasteiger partial charge is 0.339 e. The Morgan fingerprint density at radius 3 is 2.28 bits per heavy atom. The number of nitrogens with zero attached hydrogens (tertiary/aromatic N) is 1. The minimum absolute atomic E-state index is 0.202. The van der Waals surface area contributed by atoms with Crippen LogP contribution in [0.3, 0.4) is 0 Å². The molecule has 0 spiro atoms. The van der Waals surface area contributed by atoms with Gasteiger partial charge in [-0.25, -0.2) is 0 Å². The summed E-state index contributed by atoms with van der Waals surface area (Å²) < 4.78 is 0. The number of likely N-dealkylation sites (tertiary alicyclic amines) is 1. The van der Waals surface area contributed by atoms with E-state index in [4.69, 9.17) is 0 Å². The molecule has 1 aromatic rings. The molecule has 2 nitrogen and oxygen atoms in total. The number of carbonyl (C=O) groups is 1. The standard InChI is InChI=1S/C15H19NOS/c17-15(16-10-1-2-11-16)12-6-8-14(9-7-12)18-13-4-3-5-13/h6-9,13H,1-5,10-11H2. The van der Waals surface area contributed by atoms with Crippen molar-refractivity contribution in [3.05, 3.63) is 29.8 Å². The third-order valence-electron chi connectivity index (χ3n) is 3.85. The molecule has 18 heavy (non-hydrogen) atoms. The molecular formula is C15H19NOS. The Morgan fingerprint density at radius 2 is 1.72 bits per heavy atom. The van der Waals surface area contributed by atoms with Gasteiger partial charge in [-0.1, -0.05) is 6.42 Å². The normalized spacial score (nSPS) is 19.9. The fraction of sp³-hybridized carbons (Fsp3) is 0.533. The van der Waals surface area contributed by atoms with Crippen molar-refractivity contribution in [2.24, 2.45) is 0 Å². The average molecular weight is 261 g/mol. The Morgan fingerprint density at radius 1 is 1.06 bits per heavy atom. The molecular weight excluding hydrogens is 242 g/mol. The third-order valence-corrected chi connectivity index (χ3v) is 5.20. The summed E-state index contributed by atoms with van der Waals surface area (Å²) in [6.45, 7) is 1.86. The van der Waals surface area contributed by atoms with Crippen LogP contribution in [0.2, 0.25) is 0 Å². The molecule has 1 amide bonds. The first-order valence-electron chi connectivity index (χ1n) is 6.89. The lowest BCUT2D eigenvalue weighted by Crippen LogP contribution is -2.27. The first kappa shape index (κ1) is 12.1. The lowest BCUT2D eigenvalue weighted by atomic mass is 10.0. The second kappa shape index (κ2) is 5.35. The van der Waals surface area contributed by atoms with Crippen molar-refractivity contribution < 1.29 is 4.79 Å². The van der Waals surface area contributed by atoms with Crippen LogP contribution in [0.15, 0.2) is 29.2 Å². The van der Waals surface area contributed by atoms with Gasteiger partial charge in [-0.3, -0.25) is 4.79 Å². The topological polar surface area (TPSA) is 20.3 Å². The lowest BCUT2D eigenvalue weighted by molar-refractivity contribution is 0.0793. The molecule has 0 bridgehead atoms. The molecule has 3 heteroatoms. The van der Waals surface area contributed by atoms with Crippen molar-refractivity contribution in [2.75, 3.05) is 13.1 Å². The Bertz CT molecular complexity index is 419. The van der Waals surface area contributed by atoms with E-state index in [2.05, 4.69) is 12.1 Å². The van der Waals surface area contributed by atoms with E-state index in [0.717, 1.165) is 36.7 Å². The van der Waals surface area contributed by atoms with Gasteiger partial charge in [0.05, 0.1) is 0 Å². The summed E-state index contributed by atoms with van der Waals surface area (Å²) in [7, 11) is 0. The molecule has 1 saturated carbocycles. The van der Waals surface area contributed by atoms with Crippen molar-refractivity contribution in [1.82, 2.24) is 4.90 Å². The summed E-state index contributed by atoms with van der Waals surface area (Å²) in [6, 6.07) is 8.18. The van der Waals surface area contributed by atoms with Crippen LogP contribution in [-0.2, 0) is 0 Å². The van der Waals surface area contributed by atoms with Crippen molar-refractivity contribution >= 4 is 17.7 Å². The van der Waals surface area contributed by atoms with Crippen LogP contribution in [0.4, 0.5) is 0 Å². The first-order chi connectivity index (χ1) is 8.83. The molecule has 1 aliphatic heterocycles. The van der Waals surface area contributed by atoms with E-state index >= 15 is 0 Å². The fourth-order valence-corrected chi connectivity index (χ4v) is 3.71. The smallest absolute Gasteiger partial charge is 0.253 e. The number of hydrogen-bond donors (Lipinski definition) is 0. The minimum atomic E-state index is 0.202. The van der Waals surface area contributed by atoms with Gasteiger partial charge < -0.3 is 4.90 Å². The van der Waals surface area contributed by atoms with Gasteiger partial charge in [-0.05, 0) is 49.9 Å². The van der Waals surface area contributed by atoms with Crippen LogP contribution in [0, 0.1) is 0 Å². The van der Waals surface area contributed by atoms with E-state index in [1.807, 2.05) is 28.8 Å². The highest BCUT2D eigenvalue weighted by molar-refractivity contribution is 8.00. The number of hydrogen-bond acceptors (Lipinski definition) is 2. The zero-order valence-electron chi connectivity index (χ0n) is 10.6. The molecule has 3 rings (SSSR count). The zero-order chi connectivity index (χ0) is 12.4. The van der Waals surface area contributed by atoms with Crippen LogP contribution in [0.1, 0.15) is 42.5 Å². The maximum atomic E-state index is 12.2. The van der Waals surface area contributed by atoms with E-state index < -0.39 is 0 Å². The fourth-order valence-electron chi connectivity index (χ4n) is 2.46. The van der Waals surface area contributed by atoms with E-state index in [0.29, 0.717) is 0 Å². The van der Waals surface area contributed by atoms with E-state index in [1.165, 1.54) is 24.2 Å². The van der Waals surface area contributed by atoms with E-state index in [-0.39, 0.29) is 5.91 Å². The van der Waals surface area contributed by atoms with Gasteiger partial charge in [-0.2, -0.15) is 0 Å². The summed E-state index contributed by atoms with van der Waals surface area (Å²) in [6.07, 6.45) is 6.38. The highest BCUT2D eigenvalue weighted by Crippen LogP contribution is 2.36. The van der Waals surface area contributed by atoms with Gasteiger partial charge in [-0.15, -0.1) is 11.8 Å². The van der Waals surface area contributed by atoms with Crippen LogP contribution < -0.4 is 0 Å². The maximum Gasteiger partial charge on any atom is 0.253 e. The van der Waals surface area contributed by atoms with Crippen LogP contribution in [0.5, 0.6) is 0 Å². The first-order valence-corrected chi connectivity index (χ1v) is 7.77. The molecule has 1 heterocycles. The molecule has 0 unspecified atom stereocenters. The van der Waals surface area contributed by atoms with Gasteiger partial charge in [0.1, 0.15) is 0 Å². The average Bonchev–Trinajstić information content (AvgIpc) is 2.87. The molecule has 0 radical (unpaired) electrons. The second-order valence-electron chi connectivity index (χ2n) is 5.19. The summed E-state index contributed by atoms with van der Waals surface area (Å²) >= 11 is 1.96. The molecule has 2 aliphatic rings. The Hall–Kier alpha value is -0.960. The summed E-state index contributed by atoms with van der Waals surface area (Å²) in [5.74, 6) is 0.202. The van der Waals surface area contributed by atoms with Gasteiger partial charge in [0.2, 0.25) is 0 Å². The predicted molar refractivity (Wildman–Crippen MR) is 75.1 cm³/mol. The Balaban J connectivity index is 1.64. The zero-order valence-corrected chi connectivity index (χ0v) is 11.4. The number of benzene rings is 1. The van der Waals surface area contributed by atoms with Gasteiger partial charge >= 0.3 is 0 Å². The van der Waals surface area contributed by atoms with Crippen LogP contribution >= 0.6 is 11.8 Å². The van der Waals surface area contributed by atoms with Crippen LogP contribution in [-0.4, -0.2) is 29.1 Å². The van der Waals surface area contributed by atoms with Gasteiger partial charge in [0.15, 0.2) is 0 Å². The molecule has 1 saturated heterocycles. The van der Waals surface area contributed by atoms with Crippen LogP contribution in [0.25, 0.3) is 0 Å². The molecule has 1 aromatic carbocycles. The molecule has 1 aliphatic carbocycles. The maximum absolute atomic E-state index is 12.2. The highest BCUT2D eigenvalue weighted by Gasteiger charge is 2.20. The van der Waals surface area contributed by atoms with Crippen molar-refractivity contribution in [2.45, 2.75) is 42.2 Å². The number of rotatable bonds is 3. The molecule has 96 valence electrons. The summed E-state index contributed by atoms with van der Waals surface area (Å²) in [5.41, 5.74) is 0.842. The minimum Gasteiger partial charge on any atom is -0.339 e. The molecule has 0 atom stereocenters. The van der Waals surface area contributed by atoms with Crippen molar-refractivity contribution in [3.8, 4) is 0 Å². The summed E-state index contributed by atoms with van der Waals surface area (Å²) in [4.78, 5) is 15.4. The molecule has 2 fully saturated rings. The van der Waals surface area contributed by atoms with Crippen molar-refractivity contribution in [1.29, 1.82) is 0 Å². The number of amides is 1. The monoisotopic (exact) mass is 261 g/mol. The molecule has 0 N–H and O–H groups in total. The van der Waals surface area contributed by atoms with Gasteiger partial charge in [0, 0.05) is 28.8 Å². The molecule has 0 aromatic heterocycles. The number of thioether (sulfide) groups is 1.